The van der Waals surface area contributed by atoms with Gasteiger partial charge in [0, 0.05) is 18.7 Å². The number of benzene rings is 1. The summed E-state index contributed by atoms with van der Waals surface area (Å²) in [6, 6.07) is 6.29. The zero-order chi connectivity index (χ0) is 16.2. The molecule has 0 saturated carbocycles. The second-order valence-electron chi connectivity index (χ2n) is 5.72. The first-order valence-electron chi connectivity index (χ1n) is 7.74. The molecule has 1 N–H and O–H groups in total. The van der Waals surface area contributed by atoms with Crippen LogP contribution in [0.25, 0.3) is 0 Å². The fraction of sp³-hybridized carbons (Fsp3) is 0.562. The number of hydrogen-bond acceptors (Lipinski definition) is 4. The van der Waals surface area contributed by atoms with Gasteiger partial charge in [0.25, 0.3) is 5.91 Å². The number of sulfone groups is 1. The number of carbonyl (C=O) groups is 1. The zero-order valence-corrected chi connectivity index (χ0v) is 15.3. The topological polar surface area (TPSA) is 66.5 Å². The molecule has 0 aliphatic carbocycles. The van der Waals surface area contributed by atoms with Gasteiger partial charge in [-0.3, -0.25) is 4.79 Å². The van der Waals surface area contributed by atoms with Gasteiger partial charge in [0.2, 0.25) is 0 Å². The van der Waals surface area contributed by atoms with Crippen LogP contribution < -0.4 is 5.32 Å². The highest BCUT2D eigenvalue weighted by Gasteiger charge is 2.23. The van der Waals surface area contributed by atoms with Crippen LogP contribution >= 0.6 is 12.4 Å². The van der Waals surface area contributed by atoms with E-state index >= 15 is 0 Å². The van der Waals surface area contributed by atoms with Crippen LogP contribution in [0, 0.1) is 5.92 Å². The molecule has 1 aromatic rings. The molecule has 7 heteroatoms. The van der Waals surface area contributed by atoms with Crippen LogP contribution in [0.2, 0.25) is 0 Å². The summed E-state index contributed by atoms with van der Waals surface area (Å²) in [5, 5.41) is 3.18. The maximum absolute atomic E-state index is 12.5. The van der Waals surface area contributed by atoms with Gasteiger partial charge in [0.05, 0.1) is 10.6 Å². The second-order valence-corrected chi connectivity index (χ2v) is 8.00. The van der Waals surface area contributed by atoms with E-state index < -0.39 is 9.84 Å². The molecule has 0 radical (unpaired) electrons. The Bertz CT molecular complexity index is 609. The smallest absolute Gasteiger partial charge is 0.253 e. The van der Waals surface area contributed by atoms with E-state index in [1.807, 2.05) is 11.9 Å². The average molecular weight is 361 g/mol. The standard InChI is InChI=1S/C16H24N2O3S.ClH/c1-3-22(20,21)15-6-4-14(5-7-15)16(19)18-10-8-13(9-11-18)12-17-2;/h4-7,13,17H,3,8-12H2,1-2H3;1H. The molecule has 1 fully saturated rings. The van der Waals surface area contributed by atoms with E-state index in [1.165, 1.54) is 12.1 Å². The van der Waals surface area contributed by atoms with Crippen LogP contribution in [0.4, 0.5) is 0 Å². The molecule has 2 rings (SSSR count). The largest absolute Gasteiger partial charge is 0.339 e. The van der Waals surface area contributed by atoms with Crippen molar-refractivity contribution < 1.29 is 13.2 Å². The van der Waals surface area contributed by atoms with Crippen molar-refractivity contribution in [3.05, 3.63) is 29.8 Å². The van der Waals surface area contributed by atoms with E-state index in [-0.39, 0.29) is 29.0 Å². The molecule has 1 aromatic carbocycles. The molecule has 5 nitrogen and oxygen atoms in total. The summed E-state index contributed by atoms with van der Waals surface area (Å²) in [6.45, 7) is 4.13. The molecule has 23 heavy (non-hydrogen) atoms. The van der Waals surface area contributed by atoms with Crippen molar-refractivity contribution in [2.24, 2.45) is 5.92 Å². The van der Waals surface area contributed by atoms with E-state index in [1.54, 1.807) is 19.1 Å². The van der Waals surface area contributed by atoms with Crippen LogP contribution in [0.1, 0.15) is 30.1 Å². The minimum Gasteiger partial charge on any atom is -0.339 e. The highest BCUT2D eigenvalue weighted by atomic mass is 35.5. The number of hydrogen-bond donors (Lipinski definition) is 1. The summed E-state index contributed by atoms with van der Waals surface area (Å²) >= 11 is 0. The van der Waals surface area contributed by atoms with Crippen LogP contribution in [-0.4, -0.2) is 51.7 Å². The Labute approximate surface area is 144 Å². The van der Waals surface area contributed by atoms with E-state index in [4.69, 9.17) is 0 Å². The zero-order valence-electron chi connectivity index (χ0n) is 13.6. The van der Waals surface area contributed by atoms with Crippen molar-refractivity contribution in [1.29, 1.82) is 0 Å². The molecule has 1 heterocycles. The number of piperidine rings is 1. The molecule has 1 aliphatic rings. The number of halogens is 1. The Hall–Kier alpha value is -1.11. The minimum absolute atomic E-state index is 0. The molecular formula is C16H25ClN2O3S. The molecule has 0 spiro atoms. The monoisotopic (exact) mass is 360 g/mol. The number of rotatable bonds is 5. The quantitative estimate of drug-likeness (QED) is 0.871. The van der Waals surface area contributed by atoms with Gasteiger partial charge in [-0.15, -0.1) is 12.4 Å². The number of carbonyl (C=O) groups excluding carboxylic acids is 1. The van der Waals surface area contributed by atoms with Gasteiger partial charge < -0.3 is 10.2 Å². The molecule has 0 bridgehead atoms. The summed E-state index contributed by atoms with van der Waals surface area (Å²) in [6.07, 6.45) is 2.02. The Morgan fingerprint density at radius 3 is 2.26 bits per heavy atom. The Morgan fingerprint density at radius 2 is 1.78 bits per heavy atom. The third kappa shape index (κ3) is 4.93. The maximum Gasteiger partial charge on any atom is 0.253 e. The van der Waals surface area contributed by atoms with Gasteiger partial charge in [0.15, 0.2) is 9.84 Å². The molecular weight excluding hydrogens is 336 g/mol. The molecule has 0 unspecified atom stereocenters. The van der Waals surface area contributed by atoms with Gasteiger partial charge in [-0.25, -0.2) is 8.42 Å². The molecule has 1 aliphatic heterocycles. The molecule has 1 saturated heterocycles. The lowest BCUT2D eigenvalue weighted by molar-refractivity contribution is 0.0691. The lowest BCUT2D eigenvalue weighted by Crippen LogP contribution is -2.40. The number of likely N-dealkylation sites (tertiary alicyclic amines) is 1. The fourth-order valence-electron chi connectivity index (χ4n) is 2.78. The van der Waals surface area contributed by atoms with Crippen molar-refractivity contribution in [2.45, 2.75) is 24.7 Å². The van der Waals surface area contributed by atoms with Crippen molar-refractivity contribution in [3.63, 3.8) is 0 Å². The number of amides is 1. The number of nitrogens with one attached hydrogen (secondary N) is 1. The Kier molecular flexibility index (Phi) is 7.51. The average Bonchev–Trinajstić information content (AvgIpc) is 2.55. The normalized spacial score (nSPS) is 16.0. The first-order chi connectivity index (χ1) is 10.5. The Morgan fingerprint density at radius 1 is 1.22 bits per heavy atom. The first kappa shape index (κ1) is 19.9. The highest BCUT2D eigenvalue weighted by molar-refractivity contribution is 7.91. The van der Waals surface area contributed by atoms with Gasteiger partial charge in [-0.05, 0) is 56.6 Å². The van der Waals surface area contributed by atoms with Gasteiger partial charge in [-0.1, -0.05) is 6.92 Å². The van der Waals surface area contributed by atoms with E-state index in [0.717, 1.165) is 32.5 Å². The van der Waals surface area contributed by atoms with Gasteiger partial charge in [-0.2, -0.15) is 0 Å². The predicted octanol–water partition coefficient (Wildman–Crippen LogP) is 1.97. The Balaban J connectivity index is 0.00000264. The summed E-state index contributed by atoms with van der Waals surface area (Å²) in [7, 11) is -1.26. The molecule has 130 valence electrons. The third-order valence-corrected chi connectivity index (χ3v) is 5.99. The molecule has 0 aromatic heterocycles. The van der Waals surface area contributed by atoms with Crippen molar-refractivity contribution in [1.82, 2.24) is 10.2 Å². The van der Waals surface area contributed by atoms with Crippen LogP contribution in [0.15, 0.2) is 29.2 Å². The van der Waals surface area contributed by atoms with Crippen LogP contribution in [-0.2, 0) is 9.84 Å². The highest BCUT2D eigenvalue weighted by Crippen LogP contribution is 2.19. The minimum atomic E-state index is -3.21. The summed E-state index contributed by atoms with van der Waals surface area (Å²) < 4.78 is 23.6. The molecule has 0 atom stereocenters. The maximum atomic E-state index is 12.5. The van der Waals surface area contributed by atoms with E-state index in [0.29, 0.717) is 11.5 Å². The SMILES string of the molecule is CCS(=O)(=O)c1ccc(C(=O)N2CCC(CNC)CC2)cc1.Cl. The molecule has 1 amide bonds. The predicted molar refractivity (Wildman–Crippen MR) is 94.0 cm³/mol. The summed E-state index contributed by atoms with van der Waals surface area (Å²) in [5.74, 6) is 0.689. The van der Waals surface area contributed by atoms with Crippen molar-refractivity contribution >= 4 is 28.2 Å². The van der Waals surface area contributed by atoms with Crippen molar-refractivity contribution in [3.8, 4) is 0 Å². The first-order valence-corrected chi connectivity index (χ1v) is 9.40. The fourth-order valence-corrected chi connectivity index (χ4v) is 3.67. The van der Waals surface area contributed by atoms with Crippen LogP contribution in [0.3, 0.4) is 0 Å². The van der Waals surface area contributed by atoms with E-state index in [2.05, 4.69) is 5.32 Å². The second kappa shape index (κ2) is 8.66. The van der Waals surface area contributed by atoms with Crippen LogP contribution in [0.5, 0.6) is 0 Å². The lowest BCUT2D eigenvalue weighted by atomic mass is 9.96. The summed E-state index contributed by atoms with van der Waals surface area (Å²) in [4.78, 5) is 14.6. The van der Waals surface area contributed by atoms with Crippen molar-refractivity contribution in [2.75, 3.05) is 32.4 Å². The number of nitrogens with zero attached hydrogens (tertiary/aromatic N) is 1. The lowest BCUT2D eigenvalue weighted by Gasteiger charge is -2.32. The summed E-state index contributed by atoms with van der Waals surface area (Å²) in [5.41, 5.74) is 0.558. The van der Waals surface area contributed by atoms with Gasteiger partial charge >= 0.3 is 0 Å². The third-order valence-electron chi connectivity index (χ3n) is 4.23. The van der Waals surface area contributed by atoms with Gasteiger partial charge in [0.1, 0.15) is 0 Å². The van der Waals surface area contributed by atoms with E-state index in [9.17, 15) is 13.2 Å².